The van der Waals surface area contributed by atoms with E-state index in [-0.39, 0.29) is 17.6 Å². The summed E-state index contributed by atoms with van der Waals surface area (Å²) in [6.07, 6.45) is 0.374. The third-order valence-electron chi connectivity index (χ3n) is 2.81. The van der Waals surface area contributed by atoms with E-state index in [0.29, 0.717) is 17.8 Å². The molecule has 0 aromatic heterocycles. The minimum absolute atomic E-state index is 0.00222. The van der Waals surface area contributed by atoms with Gasteiger partial charge in [0.05, 0.1) is 16.3 Å². The molecule has 2 rings (SSSR count). The van der Waals surface area contributed by atoms with Gasteiger partial charge in [-0.3, -0.25) is 14.9 Å². The lowest BCUT2D eigenvalue weighted by atomic mass is 10.2. The maximum atomic E-state index is 11.8. The van der Waals surface area contributed by atoms with Crippen molar-refractivity contribution >= 4 is 23.0 Å². The number of non-ortho nitro benzene ring substituents is 1. The van der Waals surface area contributed by atoms with Crippen LogP contribution < -0.4 is 10.2 Å². The number of anilines is 2. The van der Waals surface area contributed by atoms with Gasteiger partial charge in [-0.05, 0) is 13.0 Å². The molecule has 17 heavy (non-hydrogen) atoms. The number of hydrogen-bond acceptors (Lipinski definition) is 4. The molecule has 0 fully saturated rings. The first-order valence-corrected chi connectivity index (χ1v) is 5.30. The van der Waals surface area contributed by atoms with E-state index in [2.05, 4.69) is 5.32 Å². The summed E-state index contributed by atoms with van der Waals surface area (Å²) < 4.78 is 0. The van der Waals surface area contributed by atoms with Crippen LogP contribution >= 0.6 is 0 Å². The molecule has 1 atom stereocenters. The molecule has 0 unspecified atom stereocenters. The van der Waals surface area contributed by atoms with Crippen molar-refractivity contribution < 1.29 is 9.72 Å². The molecule has 0 spiro atoms. The second-order valence-electron chi connectivity index (χ2n) is 4.16. The molecule has 1 amide bonds. The summed E-state index contributed by atoms with van der Waals surface area (Å²) in [5, 5.41) is 13.8. The molecule has 1 aromatic carbocycles. The third kappa shape index (κ3) is 2.06. The number of carbonyl (C=O) groups is 1. The lowest BCUT2D eigenvalue weighted by molar-refractivity contribution is -0.384. The van der Waals surface area contributed by atoms with Gasteiger partial charge >= 0.3 is 0 Å². The van der Waals surface area contributed by atoms with Crippen LogP contribution in [0.2, 0.25) is 0 Å². The highest BCUT2D eigenvalue weighted by atomic mass is 16.6. The van der Waals surface area contributed by atoms with Gasteiger partial charge in [0.2, 0.25) is 5.91 Å². The molecule has 1 aromatic rings. The summed E-state index contributed by atoms with van der Waals surface area (Å²) in [6, 6.07) is 4.42. The van der Waals surface area contributed by atoms with Crippen molar-refractivity contribution in [1.82, 2.24) is 0 Å². The predicted molar refractivity (Wildman–Crippen MR) is 64.2 cm³/mol. The Balaban J connectivity index is 2.50. The summed E-state index contributed by atoms with van der Waals surface area (Å²) in [6.45, 7) is 1.87. The first kappa shape index (κ1) is 11.4. The van der Waals surface area contributed by atoms with Gasteiger partial charge in [-0.25, -0.2) is 0 Å². The number of nitrogens with one attached hydrogen (secondary N) is 1. The van der Waals surface area contributed by atoms with Gasteiger partial charge < -0.3 is 10.2 Å². The molecule has 0 bridgehead atoms. The first-order valence-electron chi connectivity index (χ1n) is 5.30. The SMILES string of the molecule is C[C@H]1CC(=O)N(C)c2ccc([N+](=O)[O-])cc2N1. The number of benzene rings is 1. The zero-order valence-corrected chi connectivity index (χ0v) is 9.64. The van der Waals surface area contributed by atoms with Crippen LogP contribution in [-0.4, -0.2) is 23.9 Å². The topological polar surface area (TPSA) is 75.5 Å². The molecule has 1 heterocycles. The van der Waals surface area contributed by atoms with Gasteiger partial charge in [0, 0.05) is 31.6 Å². The van der Waals surface area contributed by atoms with Crippen LogP contribution in [0.15, 0.2) is 18.2 Å². The lowest BCUT2D eigenvalue weighted by Crippen LogP contribution is -2.27. The highest BCUT2D eigenvalue weighted by Gasteiger charge is 2.24. The Labute approximate surface area is 98.4 Å². The Morgan fingerprint density at radius 1 is 1.53 bits per heavy atom. The van der Waals surface area contributed by atoms with E-state index in [1.807, 2.05) is 6.92 Å². The molecule has 6 heteroatoms. The van der Waals surface area contributed by atoms with Crippen molar-refractivity contribution in [3.05, 3.63) is 28.3 Å². The van der Waals surface area contributed by atoms with Gasteiger partial charge in [-0.2, -0.15) is 0 Å². The minimum atomic E-state index is -0.445. The van der Waals surface area contributed by atoms with E-state index in [1.165, 1.54) is 17.0 Å². The van der Waals surface area contributed by atoms with Gasteiger partial charge in [0.15, 0.2) is 0 Å². The predicted octanol–water partition coefficient (Wildman–Crippen LogP) is 1.76. The van der Waals surface area contributed by atoms with E-state index in [9.17, 15) is 14.9 Å². The van der Waals surface area contributed by atoms with Crippen molar-refractivity contribution in [2.45, 2.75) is 19.4 Å². The van der Waals surface area contributed by atoms with E-state index >= 15 is 0 Å². The van der Waals surface area contributed by atoms with Crippen molar-refractivity contribution in [2.24, 2.45) is 0 Å². The summed E-state index contributed by atoms with van der Waals surface area (Å²) >= 11 is 0. The van der Waals surface area contributed by atoms with Crippen LogP contribution in [0.4, 0.5) is 17.1 Å². The maximum absolute atomic E-state index is 11.8. The number of amides is 1. The fourth-order valence-corrected chi connectivity index (χ4v) is 1.90. The number of fused-ring (bicyclic) bond motifs is 1. The van der Waals surface area contributed by atoms with Gasteiger partial charge in [-0.1, -0.05) is 0 Å². The van der Waals surface area contributed by atoms with Crippen LogP contribution in [0.5, 0.6) is 0 Å². The van der Waals surface area contributed by atoms with Crippen LogP contribution in [0, 0.1) is 10.1 Å². The molecule has 90 valence electrons. The molecule has 0 aliphatic carbocycles. The summed E-state index contributed by atoms with van der Waals surface area (Å²) in [5.74, 6) is -0.00222. The van der Waals surface area contributed by atoms with Gasteiger partial charge in [0.25, 0.3) is 5.69 Å². The molecule has 0 saturated carbocycles. The fraction of sp³-hybridized carbons (Fsp3) is 0.364. The van der Waals surface area contributed by atoms with Crippen molar-refractivity contribution in [3.8, 4) is 0 Å². The molecule has 1 aliphatic rings. The molecule has 1 aliphatic heterocycles. The number of nitro groups is 1. The molecule has 1 N–H and O–H groups in total. The Bertz CT molecular complexity index is 487. The Morgan fingerprint density at radius 2 is 2.24 bits per heavy atom. The van der Waals surface area contributed by atoms with Crippen molar-refractivity contribution in [1.29, 1.82) is 0 Å². The van der Waals surface area contributed by atoms with Crippen LogP contribution in [-0.2, 0) is 4.79 Å². The summed E-state index contributed by atoms with van der Waals surface area (Å²) in [5.41, 5.74) is 1.32. The summed E-state index contributed by atoms with van der Waals surface area (Å²) in [7, 11) is 1.67. The zero-order chi connectivity index (χ0) is 12.6. The minimum Gasteiger partial charge on any atom is -0.380 e. The van der Waals surface area contributed by atoms with Crippen molar-refractivity contribution in [3.63, 3.8) is 0 Å². The quantitative estimate of drug-likeness (QED) is 0.594. The van der Waals surface area contributed by atoms with Gasteiger partial charge in [-0.15, -0.1) is 0 Å². The molecule has 0 saturated heterocycles. The standard InChI is InChI=1S/C11H13N3O3/c1-7-5-11(15)13(2)10-4-3-8(14(16)17)6-9(10)12-7/h3-4,6-7,12H,5H2,1-2H3/t7-/m0/s1. The van der Waals surface area contributed by atoms with Gasteiger partial charge in [0.1, 0.15) is 0 Å². The van der Waals surface area contributed by atoms with E-state index < -0.39 is 4.92 Å². The highest BCUT2D eigenvalue weighted by Crippen LogP contribution is 2.32. The number of carbonyl (C=O) groups excluding carboxylic acids is 1. The number of rotatable bonds is 1. The monoisotopic (exact) mass is 235 g/mol. The van der Waals surface area contributed by atoms with E-state index in [1.54, 1.807) is 13.1 Å². The fourth-order valence-electron chi connectivity index (χ4n) is 1.90. The molecular formula is C11H13N3O3. The molecule has 6 nitrogen and oxygen atoms in total. The third-order valence-corrected chi connectivity index (χ3v) is 2.81. The normalized spacial score (nSPS) is 19.3. The van der Waals surface area contributed by atoms with Crippen LogP contribution in [0.1, 0.15) is 13.3 Å². The maximum Gasteiger partial charge on any atom is 0.271 e. The number of nitro benzene ring substituents is 1. The second-order valence-corrected chi connectivity index (χ2v) is 4.16. The molecule has 0 radical (unpaired) electrons. The van der Waals surface area contributed by atoms with E-state index in [4.69, 9.17) is 0 Å². The Morgan fingerprint density at radius 3 is 2.88 bits per heavy atom. The van der Waals surface area contributed by atoms with Crippen LogP contribution in [0.25, 0.3) is 0 Å². The average Bonchev–Trinajstić information content (AvgIpc) is 2.36. The van der Waals surface area contributed by atoms with E-state index in [0.717, 1.165) is 0 Å². The highest BCUT2D eigenvalue weighted by molar-refractivity contribution is 5.98. The lowest BCUT2D eigenvalue weighted by Gasteiger charge is -2.16. The summed E-state index contributed by atoms with van der Waals surface area (Å²) in [4.78, 5) is 23.5. The molecular weight excluding hydrogens is 222 g/mol. The Hall–Kier alpha value is -2.11. The first-order chi connectivity index (χ1) is 7.99. The largest absolute Gasteiger partial charge is 0.380 e. The average molecular weight is 235 g/mol. The smallest absolute Gasteiger partial charge is 0.271 e. The second kappa shape index (κ2) is 4.04. The zero-order valence-electron chi connectivity index (χ0n) is 9.64. The number of hydrogen-bond donors (Lipinski definition) is 1. The number of nitrogens with zero attached hydrogens (tertiary/aromatic N) is 2. The van der Waals surface area contributed by atoms with Crippen molar-refractivity contribution in [2.75, 3.05) is 17.3 Å². The Kier molecular flexibility index (Phi) is 2.71. The van der Waals surface area contributed by atoms with Crippen LogP contribution in [0.3, 0.4) is 0 Å².